The van der Waals surface area contributed by atoms with Crippen LogP contribution in [0.2, 0.25) is 0 Å². The molecular formula is C46H61N. The van der Waals surface area contributed by atoms with Crippen LogP contribution in [0.1, 0.15) is 124 Å². The third-order valence-corrected chi connectivity index (χ3v) is 10.2. The van der Waals surface area contributed by atoms with Crippen LogP contribution in [0.4, 0.5) is 0 Å². The summed E-state index contributed by atoms with van der Waals surface area (Å²) in [6.45, 7) is 23.3. The van der Waals surface area contributed by atoms with Crippen LogP contribution in [-0.4, -0.2) is 25.5 Å². The summed E-state index contributed by atoms with van der Waals surface area (Å²) in [4.78, 5) is 2.34. The van der Waals surface area contributed by atoms with Gasteiger partial charge in [0.25, 0.3) is 0 Å². The molecular weight excluding hydrogens is 567 g/mol. The summed E-state index contributed by atoms with van der Waals surface area (Å²) in [6.07, 6.45) is 13.8. The van der Waals surface area contributed by atoms with Crippen molar-refractivity contribution in [2.45, 2.75) is 106 Å². The van der Waals surface area contributed by atoms with Crippen molar-refractivity contribution in [1.29, 1.82) is 0 Å². The number of hydrogen-bond acceptors (Lipinski definition) is 1. The molecule has 250 valence electrons. The molecule has 1 unspecified atom stereocenters. The van der Waals surface area contributed by atoms with E-state index < -0.39 is 0 Å². The predicted molar refractivity (Wildman–Crippen MR) is 208 cm³/mol. The van der Waals surface area contributed by atoms with Gasteiger partial charge in [0.1, 0.15) is 0 Å². The highest BCUT2D eigenvalue weighted by molar-refractivity contribution is 5.94. The van der Waals surface area contributed by atoms with Crippen LogP contribution in [0, 0.1) is 31.1 Å². The fraction of sp³-hybridized carbons (Fsp3) is 0.478. The van der Waals surface area contributed by atoms with Gasteiger partial charge in [-0.2, -0.15) is 0 Å². The molecule has 0 aliphatic heterocycles. The molecule has 0 saturated heterocycles. The monoisotopic (exact) mass is 627 g/mol. The van der Waals surface area contributed by atoms with Crippen LogP contribution < -0.4 is 0 Å². The van der Waals surface area contributed by atoms with Crippen molar-refractivity contribution >= 4 is 17.2 Å². The van der Waals surface area contributed by atoms with Gasteiger partial charge in [0, 0.05) is 5.92 Å². The largest absolute Gasteiger partial charge is 0.309 e. The fourth-order valence-corrected chi connectivity index (χ4v) is 7.87. The van der Waals surface area contributed by atoms with E-state index in [2.05, 4.69) is 142 Å². The number of nitrogens with zero attached hydrogens (tertiary/aromatic N) is 1. The van der Waals surface area contributed by atoms with Gasteiger partial charge in [-0.25, -0.2) is 0 Å². The average molecular weight is 628 g/mol. The zero-order chi connectivity index (χ0) is 34.0. The lowest BCUT2D eigenvalue weighted by molar-refractivity contribution is 0.268. The second-order valence-electron chi connectivity index (χ2n) is 17.0. The van der Waals surface area contributed by atoms with E-state index in [9.17, 15) is 0 Å². The van der Waals surface area contributed by atoms with E-state index in [1.54, 1.807) is 5.57 Å². The van der Waals surface area contributed by atoms with Gasteiger partial charge in [-0.05, 0) is 171 Å². The molecule has 3 aliphatic rings. The van der Waals surface area contributed by atoms with Gasteiger partial charge >= 0.3 is 0 Å². The maximum atomic E-state index is 4.28. The van der Waals surface area contributed by atoms with Crippen molar-refractivity contribution in [3.8, 4) is 11.1 Å². The van der Waals surface area contributed by atoms with E-state index >= 15 is 0 Å². The molecule has 0 bridgehead atoms. The van der Waals surface area contributed by atoms with Crippen LogP contribution in [-0.2, 0) is 12.8 Å². The maximum Gasteiger partial charge on any atom is 0.000174 e. The zero-order valence-electron chi connectivity index (χ0n) is 31.3. The van der Waals surface area contributed by atoms with Gasteiger partial charge in [-0.1, -0.05) is 107 Å². The molecule has 0 spiro atoms. The van der Waals surface area contributed by atoms with Gasteiger partial charge < -0.3 is 4.90 Å². The fourth-order valence-electron chi connectivity index (χ4n) is 7.87. The van der Waals surface area contributed by atoms with Crippen molar-refractivity contribution in [1.82, 2.24) is 4.90 Å². The van der Waals surface area contributed by atoms with Gasteiger partial charge in [0.05, 0.1) is 0 Å². The summed E-state index contributed by atoms with van der Waals surface area (Å²) < 4.78 is 0. The molecule has 1 heteroatoms. The molecule has 1 saturated carbocycles. The van der Waals surface area contributed by atoms with Crippen LogP contribution in [0.25, 0.3) is 28.3 Å². The Balaban J connectivity index is 0.000000807. The Morgan fingerprint density at radius 2 is 1.53 bits per heavy atom. The first-order valence-corrected chi connectivity index (χ1v) is 18.3. The van der Waals surface area contributed by atoms with Crippen LogP contribution >= 0.6 is 0 Å². The normalized spacial score (nSPS) is 20.3. The van der Waals surface area contributed by atoms with Crippen LogP contribution in [0.5, 0.6) is 0 Å². The third kappa shape index (κ3) is 8.66. The van der Waals surface area contributed by atoms with E-state index in [0.29, 0.717) is 11.3 Å². The molecule has 0 amide bonds. The molecule has 1 nitrogen and oxygen atoms in total. The Bertz CT molecular complexity index is 1640. The first kappa shape index (κ1) is 35.2. The van der Waals surface area contributed by atoms with E-state index in [-0.39, 0.29) is 0 Å². The minimum atomic E-state index is 0.500. The molecule has 1 atom stereocenters. The smallest absolute Gasteiger partial charge is 0.000174 e. The first-order valence-electron chi connectivity index (χ1n) is 18.3. The quantitative estimate of drug-likeness (QED) is 0.225. The van der Waals surface area contributed by atoms with Gasteiger partial charge in [-0.3, -0.25) is 0 Å². The number of allylic oxidation sites excluding steroid dienone is 4. The first-order chi connectivity index (χ1) is 22.2. The SMILES string of the molecule is C=C(C)Cc1c(C)cc2c(c1-c1ccc(C)cc1)CC(c1ccc3c(c1)C(C1CCC(CCN(C)C)CC1)=CC3C)=C2.CC(C)(C)C. The molecule has 0 N–H and O–H groups in total. The standard InChI is InChI=1S/C41H49N.C5H12/c1-26(2)20-37-28(4)21-35-23-34(25-39(35)41(37)32-12-8-27(3)9-13-32)33-16-17-36-29(5)22-38(40(36)24-33)31-14-10-30(11-15-31)18-19-42(6)7;1-5(2,3)4/h8-9,12-13,16-17,21-24,29-31H,1,10-11,14-15,18-20,25H2,2-7H3;1-4H3. The highest BCUT2D eigenvalue weighted by Crippen LogP contribution is 2.48. The lowest BCUT2D eigenvalue weighted by Crippen LogP contribution is -2.21. The van der Waals surface area contributed by atoms with E-state index in [4.69, 9.17) is 0 Å². The van der Waals surface area contributed by atoms with Crippen molar-refractivity contribution < 1.29 is 0 Å². The molecule has 3 aromatic carbocycles. The summed E-state index contributed by atoms with van der Waals surface area (Å²) in [5, 5.41) is 0. The van der Waals surface area contributed by atoms with Crippen LogP contribution in [0.3, 0.4) is 0 Å². The number of aryl methyl sites for hydroxylation is 2. The summed E-state index contributed by atoms with van der Waals surface area (Å²) in [5.74, 6) is 2.14. The van der Waals surface area contributed by atoms with Crippen molar-refractivity contribution in [2.75, 3.05) is 20.6 Å². The Hall–Kier alpha value is -3.16. The summed E-state index contributed by atoms with van der Waals surface area (Å²) in [6, 6.07) is 18.9. The Labute approximate surface area is 287 Å². The van der Waals surface area contributed by atoms with E-state index in [0.717, 1.165) is 24.7 Å². The highest BCUT2D eigenvalue weighted by atomic mass is 15.0. The Kier molecular flexibility index (Phi) is 10.9. The van der Waals surface area contributed by atoms with Gasteiger partial charge in [-0.15, -0.1) is 0 Å². The Morgan fingerprint density at radius 1 is 0.894 bits per heavy atom. The lowest BCUT2D eigenvalue weighted by atomic mass is 9.76. The number of fused-ring (bicyclic) bond motifs is 2. The third-order valence-electron chi connectivity index (χ3n) is 10.2. The minimum absolute atomic E-state index is 0.500. The zero-order valence-corrected chi connectivity index (χ0v) is 31.3. The van der Waals surface area contributed by atoms with E-state index in [1.807, 2.05) is 0 Å². The Morgan fingerprint density at radius 3 is 2.15 bits per heavy atom. The van der Waals surface area contributed by atoms with Crippen LogP contribution in [0.15, 0.2) is 66.8 Å². The molecule has 0 aromatic heterocycles. The topological polar surface area (TPSA) is 3.24 Å². The molecule has 3 aromatic rings. The number of hydrogen-bond donors (Lipinski definition) is 0. The number of benzene rings is 3. The second-order valence-corrected chi connectivity index (χ2v) is 17.0. The predicted octanol–water partition coefficient (Wildman–Crippen LogP) is 12.5. The van der Waals surface area contributed by atoms with Crippen molar-refractivity contribution in [2.24, 2.45) is 17.3 Å². The summed E-state index contributed by atoms with van der Waals surface area (Å²) >= 11 is 0. The maximum absolute atomic E-state index is 4.28. The molecule has 0 heterocycles. The number of rotatable bonds is 8. The van der Waals surface area contributed by atoms with Crippen molar-refractivity contribution in [3.05, 3.63) is 111 Å². The molecule has 1 fully saturated rings. The highest BCUT2D eigenvalue weighted by Gasteiger charge is 2.31. The minimum Gasteiger partial charge on any atom is -0.309 e. The second kappa shape index (κ2) is 14.5. The molecule has 6 rings (SSSR count). The molecule has 3 aliphatic carbocycles. The molecule has 47 heavy (non-hydrogen) atoms. The lowest BCUT2D eigenvalue weighted by Gasteiger charge is -2.30. The molecule has 0 radical (unpaired) electrons. The van der Waals surface area contributed by atoms with E-state index in [1.165, 1.54) is 105 Å². The summed E-state index contributed by atoms with van der Waals surface area (Å²) in [5.41, 5.74) is 19.0. The van der Waals surface area contributed by atoms with Gasteiger partial charge in [0.15, 0.2) is 0 Å². The van der Waals surface area contributed by atoms with Crippen molar-refractivity contribution in [3.63, 3.8) is 0 Å². The van der Waals surface area contributed by atoms with Gasteiger partial charge in [0.2, 0.25) is 0 Å². The average Bonchev–Trinajstić information content (AvgIpc) is 3.56. The summed E-state index contributed by atoms with van der Waals surface area (Å²) in [7, 11) is 4.41.